The summed E-state index contributed by atoms with van der Waals surface area (Å²) in [6.07, 6.45) is 0.193. The van der Waals surface area contributed by atoms with Gasteiger partial charge in [0.15, 0.2) is 0 Å². The van der Waals surface area contributed by atoms with Gasteiger partial charge >= 0.3 is 6.09 Å². The molecule has 2 aliphatic heterocycles. The summed E-state index contributed by atoms with van der Waals surface area (Å²) in [5, 5.41) is 11.6. The smallest absolute Gasteiger partial charge is 0.416 e. The Kier molecular flexibility index (Phi) is 10.5. The van der Waals surface area contributed by atoms with Crippen LogP contribution in [-0.4, -0.2) is 73.1 Å². The minimum Gasteiger partial charge on any atom is -0.493 e. The number of nitrogens with two attached hydrogens (primary N) is 1. The molecule has 3 aromatic rings. The Bertz CT molecular complexity index is 1430. The number of amides is 1. The van der Waals surface area contributed by atoms with Crippen molar-refractivity contribution in [2.45, 2.75) is 31.9 Å². The zero-order chi connectivity index (χ0) is 30.3. The Morgan fingerprint density at radius 2 is 1.67 bits per heavy atom. The molecule has 5 rings (SSSR count). The van der Waals surface area contributed by atoms with Gasteiger partial charge in [-0.25, -0.2) is 4.79 Å². The number of aliphatic hydroxyl groups is 1. The van der Waals surface area contributed by atoms with Gasteiger partial charge in [0.1, 0.15) is 11.5 Å². The molecule has 10 heteroatoms. The first-order valence-electron chi connectivity index (χ1n) is 14.5. The van der Waals surface area contributed by atoms with Crippen LogP contribution in [0, 0.1) is 0 Å². The van der Waals surface area contributed by atoms with E-state index in [4.69, 9.17) is 43.1 Å². The number of hydrogen-bond acceptors (Lipinski definition) is 7. The van der Waals surface area contributed by atoms with E-state index in [9.17, 15) is 9.90 Å². The van der Waals surface area contributed by atoms with Gasteiger partial charge in [-0.15, -0.1) is 0 Å². The van der Waals surface area contributed by atoms with E-state index in [1.54, 1.807) is 41.3 Å². The largest absolute Gasteiger partial charge is 0.493 e. The predicted molar refractivity (Wildman–Crippen MR) is 170 cm³/mol. The first-order valence-corrected chi connectivity index (χ1v) is 15.2. The van der Waals surface area contributed by atoms with Crippen LogP contribution in [0.15, 0.2) is 72.3 Å². The first kappa shape index (κ1) is 31.2. The lowest BCUT2D eigenvalue weighted by molar-refractivity contribution is 0.0108. The highest BCUT2D eigenvalue weighted by atomic mass is 35.5. The van der Waals surface area contributed by atoms with Crippen LogP contribution in [0.25, 0.3) is 5.57 Å². The molecule has 228 valence electrons. The fourth-order valence-electron chi connectivity index (χ4n) is 5.62. The van der Waals surface area contributed by atoms with Crippen molar-refractivity contribution in [1.82, 2.24) is 9.80 Å². The molecule has 3 N–H and O–H groups in total. The summed E-state index contributed by atoms with van der Waals surface area (Å²) < 4.78 is 17.1. The molecule has 0 bridgehead atoms. The van der Waals surface area contributed by atoms with Crippen LogP contribution in [0.2, 0.25) is 10.0 Å². The zero-order valence-electron chi connectivity index (χ0n) is 24.2. The van der Waals surface area contributed by atoms with E-state index in [0.29, 0.717) is 73.0 Å². The second-order valence-corrected chi connectivity index (χ2v) is 11.7. The second-order valence-electron chi connectivity index (χ2n) is 10.8. The Morgan fingerprint density at radius 1 is 1.00 bits per heavy atom. The van der Waals surface area contributed by atoms with Gasteiger partial charge in [0, 0.05) is 53.9 Å². The number of β-amino-alcohol motifs (C(OH)–C–C–N with tert-alkyl or cyclic N) is 1. The number of nitrogens with zero attached hydrogens (tertiary/aromatic N) is 2. The molecule has 0 aromatic heterocycles. The third kappa shape index (κ3) is 8.02. The van der Waals surface area contributed by atoms with Crippen LogP contribution in [0.3, 0.4) is 0 Å². The van der Waals surface area contributed by atoms with Crippen molar-refractivity contribution in [2.24, 2.45) is 0 Å². The van der Waals surface area contributed by atoms with Crippen LogP contribution >= 0.6 is 23.2 Å². The van der Waals surface area contributed by atoms with Gasteiger partial charge in [-0.05, 0) is 84.7 Å². The van der Waals surface area contributed by atoms with Crippen molar-refractivity contribution in [3.8, 4) is 11.5 Å². The molecule has 2 heterocycles. The van der Waals surface area contributed by atoms with Crippen molar-refractivity contribution >= 4 is 40.6 Å². The highest BCUT2D eigenvalue weighted by molar-refractivity contribution is 6.31. The quantitative estimate of drug-likeness (QED) is 0.263. The topological polar surface area (TPSA) is 97.5 Å². The van der Waals surface area contributed by atoms with Crippen LogP contribution in [0.5, 0.6) is 11.5 Å². The Hall–Kier alpha value is -3.27. The lowest BCUT2D eigenvalue weighted by Gasteiger charge is -2.38. The fourth-order valence-corrected chi connectivity index (χ4v) is 5.91. The minimum absolute atomic E-state index is 0.394. The molecule has 8 nitrogen and oxygen atoms in total. The fraction of sp³-hybridized carbons (Fsp3) is 0.364. The molecule has 43 heavy (non-hydrogen) atoms. The number of morpholine rings is 1. The first-order chi connectivity index (χ1) is 20.8. The summed E-state index contributed by atoms with van der Waals surface area (Å²) in [4.78, 5) is 17.4. The maximum absolute atomic E-state index is 13.5. The number of carbonyl (C=O) groups excluding carboxylic acids is 1. The molecule has 1 saturated heterocycles. The number of ether oxygens (including phenoxy) is 3. The highest BCUT2D eigenvalue weighted by Crippen LogP contribution is 2.42. The van der Waals surface area contributed by atoms with Gasteiger partial charge in [0.2, 0.25) is 0 Å². The maximum Gasteiger partial charge on any atom is 0.416 e. The molecule has 0 saturated carbocycles. The van der Waals surface area contributed by atoms with E-state index in [1.807, 2.05) is 37.3 Å². The molecule has 1 fully saturated rings. The predicted octanol–water partition coefficient (Wildman–Crippen LogP) is 6.46. The molecule has 1 unspecified atom stereocenters. The van der Waals surface area contributed by atoms with Crippen molar-refractivity contribution in [2.75, 3.05) is 51.7 Å². The molecule has 1 amide bonds. The zero-order valence-corrected chi connectivity index (χ0v) is 25.7. The standard InChI is InChI=1S/C33H37Cl2N3O5/c1-22-29(30-20-25(35)6-11-31(30)36)12-14-38(33(40)43-28-9-4-24(34)5-10-28)32(22)23-2-7-27(8-3-23)42-17-13-26(39)21-37-15-18-41-19-16-37/h2-11,20,26,32,39H,12-19,21,36H2,1H3/t26?,32-/m1/s1. The number of benzene rings is 3. The van der Waals surface area contributed by atoms with Crippen LogP contribution in [0.1, 0.15) is 36.9 Å². The van der Waals surface area contributed by atoms with Gasteiger partial charge in [-0.2, -0.15) is 0 Å². The van der Waals surface area contributed by atoms with E-state index in [-0.39, 0.29) is 0 Å². The van der Waals surface area contributed by atoms with E-state index >= 15 is 0 Å². The van der Waals surface area contributed by atoms with E-state index in [0.717, 1.165) is 35.4 Å². The van der Waals surface area contributed by atoms with Crippen molar-refractivity contribution in [1.29, 1.82) is 0 Å². The van der Waals surface area contributed by atoms with Gasteiger partial charge < -0.3 is 25.1 Å². The average Bonchev–Trinajstić information content (AvgIpc) is 3.00. The second kappa shape index (κ2) is 14.5. The third-order valence-electron chi connectivity index (χ3n) is 7.88. The monoisotopic (exact) mass is 625 g/mol. The molecule has 2 atom stereocenters. The Morgan fingerprint density at radius 3 is 2.40 bits per heavy atom. The maximum atomic E-state index is 13.5. The van der Waals surface area contributed by atoms with E-state index < -0.39 is 18.2 Å². The summed E-state index contributed by atoms with van der Waals surface area (Å²) in [6.45, 7) is 6.53. The summed E-state index contributed by atoms with van der Waals surface area (Å²) in [7, 11) is 0. The summed E-state index contributed by atoms with van der Waals surface area (Å²) >= 11 is 12.3. The molecule has 2 aliphatic rings. The van der Waals surface area contributed by atoms with Crippen molar-refractivity contribution in [3.05, 3.63) is 93.5 Å². The van der Waals surface area contributed by atoms with Gasteiger partial charge in [0.25, 0.3) is 0 Å². The highest BCUT2D eigenvalue weighted by Gasteiger charge is 2.34. The molecular formula is C33H37Cl2N3O5. The summed E-state index contributed by atoms with van der Waals surface area (Å²) in [6, 6.07) is 19.5. The molecular weight excluding hydrogens is 589 g/mol. The van der Waals surface area contributed by atoms with Crippen LogP contribution < -0.4 is 15.2 Å². The Labute approximate surface area is 262 Å². The lowest BCUT2D eigenvalue weighted by atomic mass is 9.85. The molecule has 0 aliphatic carbocycles. The van der Waals surface area contributed by atoms with Crippen molar-refractivity contribution in [3.63, 3.8) is 0 Å². The van der Waals surface area contributed by atoms with E-state index in [1.165, 1.54) is 0 Å². The number of rotatable bonds is 9. The van der Waals surface area contributed by atoms with Gasteiger partial charge in [0.05, 0.1) is 32.0 Å². The van der Waals surface area contributed by atoms with Gasteiger partial charge in [-0.1, -0.05) is 35.3 Å². The number of carbonyl (C=O) groups is 1. The normalized spacial score (nSPS) is 18.4. The van der Waals surface area contributed by atoms with E-state index in [2.05, 4.69) is 4.90 Å². The molecule has 0 radical (unpaired) electrons. The minimum atomic E-state index is -0.468. The third-order valence-corrected chi connectivity index (χ3v) is 8.37. The summed E-state index contributed by atoms with van der Waals surface area (Å²) in [5.74, 6) is 1.11. The Balaban J connectivity index is 1.33. The number of aliphatic hydroxyl groups excluding tert-OH is 1. The lowest BCUT2D eigenvalue weighted by Crippen LogP contribution is -2.41. The average molecular weight is 627 g/mol. The number of hydrogen-bond donors (Lipinski definition) is 2. The van der Waals surface area contributed by atoms with Crippen molar-refractivity contribution < 1.29 is 24.1 Å². The van der Waals surface area contributed by atoms with Gasteiger partial charge in [-0.3, -0.25) is 9.80 Å². The summed E-state index contributed by atoms with van der Waals surface area (Å²) in [5.41, 5.74) is 10.8. The van der Waals surface area contributed by atoms with Crippen LogP contribution in [0.4, 0.5) is 10.5 Å². The number of halogens is 2. The molecule has 3 aromatic carbocycles. The number of anilines is 1. The van der Waals surface area contributed by atoms with Crippen LogP contribution in [-0.2, 0) is 4.74 Å². The number of nitrogen functional groups attached to an aromatic ring is 1. The molecule has 0 spiro atoms. The SMILES string of the molecule is CC1=C(c2cc(Cl)ccc2N)CCN(C(=O)Oc2ccc(Cl)cc2)[C@H]1c1ccc(OCCC(O)CN2CCOCC2)cc1.